The maximum atomic E-state index is 14.3. The number of nitrogens with zero attached hydrogens (tertiary/aromatic N) is 3. The van der Waals surface area contributed by atoms with E-state index in [1.807, 2.05) is 38.1 Å². The van der Waals surface area contributed by atoms with E-state index in [1.54, 1.807) is 6.07 Å². The van der Waals surface area contributed by atoms with E-state index in [0.29, 0.717) is 24.1 Å². The lowest BCUT2D eigenvalue weighted by molar-refractivity contribution is -0.132. The molecule has 0 amide bonds. The first-order valence-corrected chi connectivity index (χ1v) is 12.2. The summed E-state index contributed by atoms with van der Waals surface area (Å²) in [7, 11) is 0. The smallest absolute Gasteiger partial charge is 0.332 e. The van der Waals surface area contributed by atoms with Gasteiger partial charge in [0.15, 0.2) is 5.65 Å². The summed E-state index contributed by atoms with van der Waals surface area (Å²) in [5.41, 5.74) is 8.82. The number of rotatable bonds is 5. The zero-order chi connectivity index (χ0) is 25.6. The van der Waals surface area contributed by atoms with Crippen LogP contribution in [0, 0.1) is 19.7 Å². The molecule has 4 aromatic rings. The van der Waals surface area contributed by atoms with E-state index in [0.717, 1.165) is 56.9 Å². The summed E-state index contributed by atoms with van der Waals surface area (Å²) in [5.74, 6) is -0.411. The van der Waals surface area contributed by atoms with Gasteiger partial charge in [-0.2, -0.15) is 0 Å². The molecule has 6 heteroatoms. The second-order valence-corrected chi connectivity index (χ2v) is 9.22. The Morgan fingerprint density at radius 2 is 1.75 bits per heavy atom. The molecule has 2 aromatic carbocycles. The highest BCUT2D eigenvalue weighted by Gasteiger charge is 2.23. The lowest BCUT2D eigenvalue weighted by atomic mass is 9.88. The van der Waals surface area contributed by atoms with Gasteiger partial charge in [0.25, 0.3) is 0 Å². The third-order valence-corrected chi connectivity index (χ3v) is 6.78. The van der Waals surface area contributed by atoms with Gasteiger partial charge in [0.05, 0.1) is 6.54 Å². The largest absolute Gasteiger partial charge is 0.478 e. The van der Waals surface area contributed by atoms with E-state index in [4.69, 9.17) is 9.97 Å². The van der Waals surface area contributed by atoms with Crippen LogP contribution < -0.4 is 0 Å². The number of aryl methyl sites for hydroxylation is 3. The number of halogens is 1. The van der Waals surface area contributed by atoms with Crippen LogP contribution in [0.15, 0.2) is 48.0 Å². The molecule has 1 aliphatic rings. The standard InChI is InChI=1S/C30H28FN3O2/c1-5-23(30(35)36)27-24-12-7-19(14-21(24)9-8-20-10-11-22(31)15-25(20)27)16-34-26(6-2)33-28-17(3)13-18(4)32-29(28)34/h7-15H,5-6,16H2,1-4H3,(H,35,36)/b27-23+. The van der Waals surface area contributed by atoms with Gasteiger partial charge in [-0.1, -0.05) is 44.2 Å². The maximum absolute atomic E-state index is 14.3. The second-order valence-electron chi connectivity index (χ2n) is 9.22. The van der Waals surface area contributed by atoms with Crippen molar-refractivity contribution in [3.63, 3.8) is 0 Å². The van der Waals surface area contributed by atoms with Crippen LogP contribution in [0.25, 0.3) is 28.9 Å². The molecule has 5 nitrogen and oxygen atoms in total. The molecule has 0 saturated carbocycles. The number of benzene rings is 2. The summed E-state index contributed by atoms with van der Waals surface area (Å²) in [6, 6.07) is 12.6. The van der Waals surface area contributed by atoms with Gasteiger partial charge in [0.2, 0.25) is 0 Å². The molecule has 2 aromatic heterocycles. The molecule has 0 radical (unpaired) electrons. The van der Waals surface area contributed by atoms with Crippen LogP contribution >= 0.6 is 0 Å². The molecule has 182 valence electrons. The average molecular weight is 482 g/mol. The lowest BCUT2D eigenvalue weighted by Crippen LogP contribution is -2.08. The Morgan fingerprint density at radius 1 is 0.972 bits per heavy atom. The molecule has 0 bridgehead atoms. The number of aliphatic carboxylic acids is 1. The van der Waals surface area contributed by atoms with Gasteiger partial charge < -0.3 is 9.67 Å². The average Bonchev–Trinajstić information content (AvgIpc) is 3.11. The molecule has 0 unspecified atom stereocenters. The summed E-state index contributed by atoms with van der Waals surface area (Å²) < 4.78 is 16.4. The number of pyridine rings is 1. The Bertz CT molecular complexity index is 1590. The fourth-order valence-electron chi connectivity index (χ4n) is 5.12. The van der Waals surface area contributed by atoms with Crippen LogP contribution in [0.2, 0.25) is 0 Å². The minimum atomic E-state index is -0.992. The van der Waals surface area contributed by atoms with Gasteiger partial charge in [0.1, 0.15) is 17.2 Å². The van der Waals surface area contributed by atoms with Gasteiger partial charge >= 0.3 is 5.97 Å². The first kappa shape index (κ1) is 23.7. The molecule has 5 rings (SSSR count). The van der Waals surface area contributed by atoms with E-state index in [1.165, 1.54) is 12.1 Å². The van der Waals surface area contributed by atoms with Gasteiger partial charge in [-0.3, -0.25) is 0 Å². The monoisotopic (exact) mass is 481 g/mol. The molecule has 0 aliphatic heterocycles. The first-order chi connectivity index (χ1) is 17.3. The maximum Gasteiger partial charge on any atom is 0.332 e. The van der Waals surface area contributed by atoms with E-state index in [-0.39, 0.29) is 5.57 Å². The van der Waals surface area contributed by atoms with E-state index >= 15 is 0 Å². The van der Waals surface area contributed by atoms with Crippen LogP contribution in [-0.4, -0.2) is 25.6 Å². The SMILES string of the molecule is CC/C(C(=O)O)=C1/c2ccc(Cn3c(CC)nc4c(C)cc(C)nc43)cc2C=Cc2ccc(F)cc21. The van der Waals surface area contributed by atoms with E-state index in [2.05, 4.69) is 30.5 Å². The Balaban J connectivity index is 1.68. The molecule has 2 heterocycles. The fourth-order valence-corrected chi connectivity index (χ4v) is 5.12. The van der Waals surface area contributed by atoms with Crippen molar-refractivity contribution in [3.05, 3.63) is 98.8 Å². The molecule has 0 saturated heterocycles. The summed E-state index contributed by atoms with van der Waals surface area (Å²) >= 11 is 0. The fraction of sp³-hybridized carbons (Fsp3) is 0.233. The van der Waals surface area contributed by atoms with Crippen LogP contribution in [0.5, 0.6) is 0 Å². The highest BCUT2D eigenvalue weighted by Crippen LogP contribution is 2.38. The molecule has 0 spiro atoms. The predicted molar refractivity (Wildman–Crippen MR) is 141 cm³/mol. The lowest BCUT2D eigenvalue weighted by Gasteiger charge is -2.17. The zero-order valence-electron chi connectivity index (χ0n) is 20.9. The van der Waals surface area contributed by atoms with Gasteiger partial charge in [-0.05, 0) is 77.9 Å². The van der Waals surface area contributed by atoms with Gasteiger partial charge in [0, 0.05) is 23.3 Å². The molecular formula is C30H28FN3O2. The summed E-state index contributed by atoms with van der Waals surface area (Å²) in [5, 5.41) is 9.98. The zero-order valence-corrected chi connectivity index (χ0v) is 20.9. The van der Waals surface area contributed by atoms with Crippen LogP contribution in [0.1, 0.15) is 65.2 Å². The Kier molecular flexibility index (Phi) is 6.04. The molecule has 1 aliphatic carbocycles. The van der Waals surface area contributed by atoms with Crippen molar-refractivity contribution in [1.29, 1.82) is 0 Å². The summed E-state index contributed by atoms with van der Waals surface area (Å²) in [4.78, 5) is 21.8. The summed E-state index contributed by atoms with van der Waals surface area (Å²) in [6.45, 7) is 8.55. The molecular weight excluding hydrogens is 453 g/mol. The first-order valence-electron chi connectivity index (χ1n) is 12.2. The molecule has 0 atom stereocenters. The normalized spacial score (nSPS) is 13.9. The molecule has 1 N–H and O–H groups in total. The number of hydrogen-bond donors (Lipinski definition) is 1. The Labute approximate surface area is 209 Å². The van der Waals surface area contributed by atoms with E-state index < -0.39 is 11.8 Å². The van der Waals surface area contributed by atoms with Crippen molar-refractivity contribution in [2.45, 2.75) is 47.1 Å². The number of aromatic nitrogens is 3. The van der Waals surface area contributed by atoms with Gasteiger partial charge in [-0.25, -0.2) is 19.2 Å². The van der Waals surface area contributed by atoms with Crippen LogP contribution in [0.3, 0.4) is 0 Å². The second kappa shape index (κ2) is 9.19. The third-order valence-electron chi connectivity index (χ3n) is 6.78. The van der Waals surface area contributed by atoms with Gasteiger partial charge in [-0.15, -0.1) is 0 Å². The third kappa shape index (κ3) is 4.02. The predicted octanol–water partition coefficient (Wildman–Crippen LogP) is 6.58. The number of carboxylic acid groups (broad SMARTS) is 1. The van der Waals surface area contributed by atoms with Crippen molar-refractivity contribution in [1.82, 2.24) is 14.5 Å². The Hall–Kier alpha value is -4.06. The van der Waals surface area contributed by atoms with Crippen molar-refractivity contribution < 1.29 is 14.3 Å². The number of hydrogen-bond acceptors (Lipinski definition) is 3. The highest BCUT2D eigenvalue weighted by molar-refractivity contribution is 6.05. The molecule has 36 heavy (non-hydrogen) atoms. The minimum absolute atomic E-state index is 0.267. The van der Waals surface area contributed by atoms with Crippen molar-refractivity contribution in [2.75, 3.05) is 0 Å². The minimum Gasteiger partial charge on any atom is -0.478 e. The number of carbonyl (C=O) groups is 1. The topological polar surface area (TPSA) is 68.0 Å². The van der Waals surface area contributed by atoms with Crippen molar-refractivity contribution >= 4 is 34.9 Å². The number of carboxylic acids is 1. The van der Waals surface area contributed by atoms with Crippen LogP contribution in [-0.2, 0) is 17.8 Å². The summed E-state index contributed by atoms with van der Waals surface area (Å²) in [6.07, 6.45) is 5.02. The van der Waals surface area contributed by atoms with Crippen LogP contribution in [0.4, 0.5) is 4.39 Å². The Morgan fingerprint density at radius 3 is 2.47 bits per heavy atom. The number of imidazole rings is 1. The van der Waals surface area contributed by atoms with Crippen molar-refractivity contribution in [3.8, 4) is 0 Å². The molecule has 0 fully saturated rings. The quantitative estimate of drug-likeness (QED) is 0.288. The highest BCUT2D eigenvalue weighted by atomic mass is 19.1. The van der Waals surface area contributed by atoms with Crippen molar-refractivity contribution in [2.24, 2.45) is 0 Å². The number of fused-ring (bicyclic) bond motifs is 3. The van der Waals surface area contributed by atoms with E-state index in [9.17, 15) is 14.3 Å².